The highest BCUT2D eigenvalue weighted by Gasteiger charge is 2.17. The summed E-state index contributed by atoms with van der Waals surface area (Å²) >= 11 is 1.57. The second-order valence-corrected chi connectivity index (χ2v) is 23.6. The average molecular weight is 1240 g/mol. The molecular weight excluding hydrogens is 1140 g/mol. The van der Waals surface area contributed by atoms with Gasteiger partial charge in [0.05, 0.1) is 35.5 Å². The average Bonchev–Trinajstić information content (AvgIpc) is 4.33. The first kappa shape index (κ1) is 68.9. The molecule has 4 amide bonds. The minimum absolute atomic E-state index is 0.00919. The van der Waals surface area contributed by atoms with E-state index < -0.39 is 11.9 Å². The summed E-state index contributed by atoms with van der Waals surface area (Å²) in [5.74, 6) is -1.45. The van der Waals surface area contributed by atoms with E-state index >= 15 is 0 Å². The van der Waals surface area contributed by atoms with E-state index in [1.54, 1.807) is 41.9 Å². The smallest absolute Gasteiger partial charge is 0.356 e. The molecule has 6 aromatic rings. The Morgan fingerprint density at radius 2 is 0.865 bits per heavy atom. The summed E-state index contributed by atoms with van der Waals surface area (Å²) in [6, 6.07) is 25.2. The second-order valence-electron chi connectivity index (χ2n) is 22.7. The maximum atomic E-state index is 12.2. The molecule has 4 aromatic heterocycles. The highest BCUT2D eigenvalue weighted by atomic mass is 32.1. The van der Waals surface area contributed by atoms with Gasteiger partial charge in [0.25, 0.3) is 23.6 Å². The number of nitrogens with zero attached hydrogens (tertiary/aromatic N) is 8. The van der Waals surface area contributed by atoms with Crippen LogP contribution >= 0.6 is 11.3 Å². The Morgan fingerprint density at radius 1 is 0.438 bits per heavy atom. The topological polar surface area (TPSA) is 234 Å². The predicted molar refractivity (Wildman–Crippen MR) is 349 cm³/mol. The highest BCUT2D eigenvalue weighted by Crippen LogP contribution is 2.21. The minimum Gasteiger partial charge on any atom is -0.465 e. The van der Waals surface area contributed by atoms with Crippen molar-refractivity contribution in [2.24, 2.45) is 0 Å². The Hall–Kier alpha value is -7.56. The Bertz CT molecular complexity index is 3070. The number of piperidine rings is 4. The first-order chi connectivity index (χ1) is 43.6. The summed E-state index contributed by atoms with van der Waals surface area (Å²) in [6.45, 7) is 16.5. The van der Waals surface area contributed by atoms with Crippen molar-refractivity contribution in [3.8, 4) is 11.1 Å². The van der Waals surface area contributed by atoms with Crippen LogP contribution in [-0.2, 0) is 9.47 Å². The lowest BCUT2D eigenvalue weighted by Gasteiger charge is -2.26. The van der Waals surface area contributed by atoms with Gasteiger partial charge in [0.1, 0.15) is 17.1 Å². The summed E-state index contributed by atoms with van der Waals surface area (Å²) in [5, 5.41) is 11.7. The summed E-state index contributed by atoms with van der Waals surface area (Å²) < 4.78 is 10.3. The molecule has 4 aliphatic heterocycles. The molecule has 0 unspecified atom stereocenters. The Labute approximate surface area is 529 Å². The Balaban J connectivity index is 0.000000169. The zero-order chi connectivity index (χ0) is 62.7. The van der Waals surface area contributed by atoms with Crippen LogP contribution in [0.4, 0.5) is 0 Å². The number of benzene rings is 2. The molecule has 10 rings (SSSR count). The number of esters is 2. The van der Waals surface area contributed by atoms with Crippen LogP contribution in [0.5, 0.6) is 0 Å². The first-order valence-electron chi connectivity index (χ1n) is 32.0. The Morgan fingerprint density at radius 3 is 1.34 bits per heavy atom. The number of pyridine rings is 3. The van der Waals surface area contributed by atoms with Crippen LogP contribution in [0.25, 0.3) is 21.3 Å². The number of methoxy groups -OCH3 is 2. The number of nitrogens with one attached hydrogen (secondary N) is 4. The van der Waals surface area contributed by atoms with Gasteiger partial charge in [-0.3, -0.25) is 29.1 Å². The molecule has 4 saturated heterocycles. The number of fused-ring (bicyclic) bond motifs is 1. The number of carbonyl (C=O) groups excluding carboxylic acids is 6. The van der Waals surface area contributed by atoms with Crippen LogP contribution in [0.15, 0.2) is 109 Å². The third kappa shape index (κ3) is 24.7. The highest BCUT2D eigenvalue weighted by molar-refractivity contribution is 7.16. The number of hydrogen-bond donors (Lipinski definition) is 4. The van der Waals surface area contributed by atoms with Crippen molar-refractivity contribution in [3.63, 3.8) is 0 Å². The first-order valence-corrected chi connectivity index (χ1v) is 32.9. The molecule has 4 aliphatic rings. The fourth-order valence-corrected chi connectivity index (χ4v) is 11.8. The number of ether oxygens (including phenoxy) is 2. The molecule has 478 valence electrons. The summed E-state index contributed by atoms with van der Waals surface area (Å²) in [5.41, 5.74) is 7.44. The fraction of sp³-hybridized carbons (Fsp3) is 0.500. The van der Waals surface area contributed by atoms with Crippen LogP contribution in [0, 0.1) is 0 Å². The van der Waals surface area contributed by atoms with Gasteiger partial charge in [-0.25, -0.2) is 19.6 Å². The maximum Gasteiger partial charge on any atom is 0.356 e. The monoisotopic (exact) mass is 1240 g/mol. The molecule has 4 fully saturated rings. The van der Waals surface area contributed by atoms with Gasteiger partial charge in [-0.1, -0.05) is 43.9 Å². The quantitative estimate of drug-likeness (QED) is 0.0346. The van der Waals surface area contributed by atoms with Crippen LogP contribution in [0.3, 0.4) is 0 Å². The molecule has 0 aliphatic carbocycles. The van der Waals surface area contributed by atoms with Gasteiger partial charge in [0.2, 0.25) is 0 Å². The van der Waals surface area contributed by atoms with Gasteiger partial charge in [-0.15, -0.1) is 11.3 Å². The van der Waals surface area contributed by atoms with Crippen LogP contribution in [0.1, 0.15) is 165 Å². The van der Waals surface area contributed by atoms with Crippen molar-refractivity contribution >= 4 is 57.1 Å². The molecule has 21 heteroatoms. The van der Waals surface area contributed by atoms with E-state index in [1.165, 1.54) is 149 Å². The van der Waals surface area contributed by atoms with E-state index in [1.807, 2.05) is 60.1 Å². The second kappa shape index (κ2) is 39.4. The van der Waals surface area contributed by atoms with E-state index in [0.717, 1.165) is 105 Å². The Kier molecular flexibility index (Phi) is 30.5. The number of likely N-dealkylation sites (tertiary alicyclic amines) is 4. The van der Waals surface area contributed by atoms with Crippen molar-refractivity contribution in [1.82, 2.24) is 60.8 Å². The van der Waals surface area contributed by atoms with Gasteiger partial charge in [0.15, 0.2) is 0 Å². The molecule has 0 atom stereocenters. The number of hydrogen-bond acceptors (Lipinski definition) is 17. The van der Waals surface area contributed by atoms with Crippen molar-refractivity contribution < 1.29 is 38.2 Å². The third-order valence-electron chi connectivity index (χ3n) is 16.1. The fourth-order valence-electron chi connectivity index (χ4n) is 11.0. The van der Waals surface area contributed by atoms with E-state index in [-0.39, 0.29) is 35.0 Å². The van der Waals surface area contributed by atoms with Gasteiger partial charge in [-0.2, -0.15) is 0 Å². The number of carbonyl (C=O) groups is 6. The van der Waals surface area contributed by atoms with Crippen LogP contribution in [0.2, 0.25) is 0 Å². The normalized spacial score (nSPS) is 15.5. The number of aromatic nitrogens is 4. The van der Waals surface area contributed by atoms with Gasteiger partial charge < -0.3 is 50.3 Å². The summed E-state index contributed by atoms with van der Waals surface area (Å²) in [7, 11) is 2.60. The van der Waals surface area contributed by atoms with Crippen molar-refractivity contribution in [2.75, 3.05) is 119 Å². The van der Waals surface area contributed by atoms with Gasteiger partial charge in [-0.05, 0) is 233 Å². The lowest BCUT2D eigenvalue weighted by molar-refractivity contribution is 0.0587. The van der Waals surface area contributed by atoms with E-state index in [0.29, 0.717) is 29.9 Å². The SMILES string of the molecule is COC(=O)c1ccc(C(=O)NCCCN2CCCCC2)nc1.COC(=O)c1cccc(C(=O)NCCCN2CCCCC2)n1.O=C(NCCCN1CCCCC1)c1ccc(-c2ccncc2)cc1.O=C(NCCCN1CCCCC1)c1ccc2ncsc2c1. The van der Waals surface area contributed by atoms with Crippen molar-refractivity contribution in [1.29, 1.82) is 0 Å². The minimum atomic E-state index is -0.542. The van der Waals surface area contributed by atoms with Crippen LogP contribution in [-0.4, -0.2) is 194 Å². The van der Waals surface area contributed by atoms with Crippen molar-refractivity contribution in [3.05, 3.63) is 143 Å². The van der Waals surface area contributed by atoms with Gasteiger partial charge >= 0.3 is 11.9 Å². The number of thiazole rings is 1. The molecule has 4 N–H and O–H groups in total. The molecule has 8 heterocycles. The number of rotatable bonds is 23. The standard InChI is InChI=1S/C20H25N3O.2C16H23N3O3.C16H21N3OS/c24-20(22-11-4-16-23-14-2-1-3-15-23)19-7-5-17(6-8-19)18-9-12-21-13-10-18;1-22-16(21)13-6-7-14(18-12-13)15(20)17-8-5-11-19-9-3-2-4-10-19;1-22-16(21)14-8-5-7-13(18-14)15(20)17-9-6-12-19-10-3-2-4-11-19;20-16(13-5-6-14-15(11-13)21-12-18-14)17-7-4-10-19-8-2-1-3-9-19/h5-10,12-13H,1-4,11,14-16H2,(H,22,24);6-7,12H,2-5,8-11H2,1H3,(H,17,20);5,7-8H,2-4,6,9-12H2,1H3,(H,17,20);5-6,11-12H,1-4,7-10H2,(H,17,20). The zero-order valence-corrected chi connectivity index (χ0v) is 53.1. The lowest BCUT2D eigenvalue weighted by Crippen LogP contribution is -2.33. The summed E-state index contributed by atoms with van der Waals surface area (Å²) in [6.07, 6.45) is 24.6. The zero-order valence-electron chi connectivity index (χ0n) is 52.3. The number of amides is 4. The molecule has 0 radical (unpaired) electrons. The van der Waals surface area contributed by atoms with E-state index in [9.17, 15) is 28.8 Å². The molecule has 20 nitrogen and oxygen atoms in total. The molecule has 0 spiro atoms. The van der Waals surface area contributed by atoms with Gasteiger partial charge in [0, 0.05) is 55.9 Å². The molecule has 0 saturated carbocycles. The van der Waals surface area contributed by atoms with Crippen LogP contribution < -0.4 is 21.3 Å². The summed E-state index contributed by atoms with van der Waals surface area (Å²) in [4.78, 5) is 97.1. The van der Waals surface area contributed by atoms with Crippen molar-refractivity contribution in [2.45, 2.75) is 103 Å². The molecular formula is C68H92N12O8S. The largest absolute Gasteiger partial charge is 0.465 e. The molecule has 0 bridgehead atoms. The lowest BCUT2D eigenvalue weighted by atomic mass is 10.0. The maximum absolute atomic E-state index is 12.2. The van der Waals surface area contributed by atoms with E-state index in [2.05, 4.69) is 70.3 Å². The molecule has 2 aromatic carbocycles. The van der Waals surface area contributed by atoms with E-state index in [4.69, 9.17) is 0 Å². The predicted octanol–water partition coefficient (Wildman–Crippen LogP) is 9.20. The molecule has 89 heavy (non-hydrogen) atoms. The third-order valence-corrected chi connectivity index (χ3v) is 16.9.